The first-order valence-electron chi connectivity index (χ1n) is 10.5. The van der Waals surface area contributed by atoms with Gasteiger partial charge in [0.15, 0.2) is 0 Å². The Balaban J connectivity index is 1.43. The largest absolute Gasteiger partial charge is 0.379 e. The number of amides is 1. The number of rotatable bonds is 5. The van der Waals surface area contributed by atoms with Gasteiger partial charge in [0.1, 0.15) is 5.69 Å². The molecule has 1 atom stereocenters. The summed E-state index contributed by atoms with van der Waals surface area (Å²) in [5, 5.41) is 5.13. The fraction of sp³-hybridized carbons (Fsp3) is 0.292. The topological polar surface area (TPSA) is 69.0 Å². The lowest BCUT2D eigenvalue weighted by molar-refractivity contribution is 0.0622. The van der Waals surface area contributed by atoms with Crippen LogP contribution in [0, 0.1) is 0 Å². The van der Waals surface area contributed by atoms with Gasteiger partial charge in [-0.3, -0.25) is 4.79 Å². The third-order valence-electron chi connectivity index (χ3n) is 5.71. The fourth-order valence-electron chi connectivity index (χ4n) is 4.13. The average Bonchev–Trinajstić information content (AvgIpc) is 3.45. The van der Waals surface area contributed by atoms with Crippen LogP contribution >= 0.6 is 11.3 Å². The maximum absolute atomic E-state index is 12.9. The van der Waals surface area contributed by atoms with Gasteiger partial charge in [0, 0.05) is 30.8 Å². The highest BCUT2D eigenvalue weighted by Gasteiger charge is 2.20. The predicted molar refractivity (Wildman–Crippen MR) is 122 cm³/mol. The van der Waals surface area contributed by atoms with Gasteiger partial charge in [-0.25, -0.2) is 9.97 Å². The maximum atomic E-state index is 12.9. The lowest BCUT2D eigenvalue weighted by Gasteiger charge is -2.23. The van der Waals surface area contributed by atoms with Crippen molar-refractivity contribution in [1.82, 2.24) is 19.9 Å². The number of ether oxygens (including phenoxy) is 1. The maximum Gasteiger partial charge on any atom is 0.270 e. The highest BCUT2D eigenvalue weighted by Crippen LogP contribution is 2.24. The first kappa shape index (κ1) is 19.9. The van der Waals surface area contributed by atoms with Gasteiger partial charge in [0.05, 0.1) is 34.9 Å². The van der Waals surface area contributed by atoms with Crippen LogP contribution in [-0.2, 0) is 18.2 Å². The Kier molecular flexibility index (Phi) is 5.53. The second kappa shape index (κ2) is 8.61. The molecular weight excluding hydrogens is 408 g/mol. The van der Waals surface area contributed by atoms with Crippen molar-refractivity contribution in [2.75, 3.05) is 13.2 Å². The van der Waals surface area contributed by atoms with E-state index >= 15 is 0 Å². The fourth-order valence-corrected chi connectivity index (χ4v) is 4.69. The number of hydrogen-bond acceptors (Lipinski definition) is 5. The van der Waals surface area contributed by atoms with Gasteiger partial charge in [-0.15, -0.1) is 11.3 Å². The zero-order chi connectivity index (χ0) is 21.2. The summed E-state index contributed by atoms with van der Waals surface area (Å²) < 4.78 is 7.56. The van der Waals surface area contributed by atoms with Gasteiger partial charge in [0.2, 0.25) is 0 Å². The summed E-state index contributed by atoms with van der Waals surface area (Å²) in [5.41, 5.74) is 8.57. The number of fused-ring (bicyclic) bond motifs is 1. The number of carbonyl (C=O) groups is 1. The molecule has 4 heterocycles. The molecule has 0 bridgehead atoms. The summed E-state index contributed by atoms with van der Waals surface area (Å²) in [7, 11) is 2.01. The van der Waals surface area contributed by atoms with E-state index in [-0.39, 0.29) is 11.9 Å². The van der Waals surface area contributed by atoms with Crippen LogP contribution in [0.15, 0.2) is 53.5 Å². The van der Waals surface area contributed by atoms with Crippen molar-refractivity contribution >= 4 is 28.3 Å². The molecule has 1 amide bonds. The van der Waals surface area contributed by atoms with Crippen molar-refractivity contribution in [2.24, 2.45) is 7.05 Å². The highest BCUT2D eigenvalue weighted by atomic mass is 32.1. The summed E-state index contributed by atoms with van der Waals surface area (Å²) in [6.07, 6.45) is 4.62. The molecule has 0 spiro atoms. The smallest absolute Gasteiger partial charge is 0.270 e. The van der Waals surface area contributed by atoms with Gasteiger partial charge in [-0.1, -0.05) is 24.3 Å². The number of aryl methyl sites for hydroxylation is 1. The SMILES string of the molecule is Cn1ccc2nc(C(=O)N[C@H]3CCCOC3)cc(Cc3ccc(-c4cscn4)cc3)c21. The van der Waals surface area contributed by atoms with E-state index in [4.69, 9.17) is 4.74 Å². The Morgan fingerprint density at radius 3 is 2.90 bits per heavy atom. The van der Waals surface area contributed by atoms with E-state index in [1.54, 1.807) is 11.3 Å². The molecule has 1 N–H and O–H groups in total. The second-order valence-corrected chi connectivity index (χ2v) is 8.68. The van der Waals surface area contributed by atoms with E-state index in [1.165, 1.54) is 5.56 Å². The Morgan fingerprint density at radius 1 is 1.29 bits per heavy atom. The number of pyridine rings is 1. The molecule has 1 aliphatic rings. The molecule has 1 fully saturated rings. The Hall–Kier alpha value is -3.03. The minimum atomic E-state index is -0.138. The van der Waals surface area contributed by atoms with E-state index in [9.17, 15) is 4.79 Å². The van der Waals surface area contributed by atoms with Gasteiger partial charge in [0.25, 0.3) is 5.91 Å². The molecule has 0 saturated carbocycles. The monoisotopic (exact) mass is 432 g/mol. The predicted octanol–water partition coefficient (Wildman–Crippen LogP) is 4.20. The van der Waals surface area contributed by atoms with E-state index in [1.807, 2.05) is 36.3 Å². The van der Waals surface area contributed by atoms with Crippen LogP contribution in [0.1, 0.15) is 34.5 Å². The minimum Gasteiger partial charge on any atom is -0.379 e. The quantitative estimate of drug-likeness (QED) is 0.513. The molecule has 3 aromatic heterocycles. The lowest BCUT2D eigenvalue weighted by atomic mass is 10.0. The van der Waals surface area contributed by atoms with E-state index < -0.39 is 0 Å². The summed E-state index contributed by atoms with van der Waals surface area (Å²) in [6, 6.07) is 12.4. The van der Waals surface area contributed by atoms with Crippen LogP contribution in [0.5, 0.6) is 0 Å². The first-order chi connectivity index (χ1) is 15.2. The molecule has 1 aliphatic heterocycles. The summed E-state index contributed by atoms with van der Waals surface area (Å²) >= 11 is 1.60. The first-order valence-corrected chi connectivity index (χ1v) is 11.4. The molecule has 4 aromatic rings. The molecule has 1 saturated heterocycles. The third-order valence-corrected chi connectivity index (χ3v) is 6.30. The average molecular weight is 433 g/mol. The number of carbonyl (C=O) groups excluding carboxylic acids is 1. The van der Waals surface area contributed by atoms with E-state index in [0.717, 1.165) is 53.7 Å². The van der Waals surface area contributed by atoms with Crippen molar-refractivity contribution in [2.45, 2.75) is 25.3 Å². The molecule has 1 aromatic carbocycles. The number of aromatic nitrogens is 3. The summed E-state index contributed by atoms with van der Waals surface area (Å²) in [6.45, 7) is 1.34. The van der Waals surface area contributed by atoms with Crippen molar-refractivity contribution in [3.8, 4) is 11.3 Å². The lowest BCUT2D eigenvalue weighted by Crippen LogP contribution is -2.40. The zero-order valence-electron chi connectivity index (χ0n) is 17.4. The van der Waals surface area contributed by atoms with E-state index in [0.29, 0.717) is 12.3 Å². The molecule has 158 valence electrons. The summed E-state index contributed by atoms with van der Waals surface area (Å²) in [5.74, 6) is -0.138. The number of benzene rings is 1. The molecule has 0 radical (unpaired) electrons. The molecule has 6 nitrogen and oxygen atoms in total. The van der Waals surface area contributed by atoms with Crippen molar-refractivity contribution < 1.29 is 9.53 Å². The number of nitrogens with zero attached hydrogens (tertiary/aromatic N) is 3. The summed E-state index contributed by atoms with van der Waals surface area (Å²) in [4.78, 5) is 21.9. The molecular formula is C24H24N4O2S. The third kappa shape index (κ3) is 4.24. The highest BCUT2D eigenvalue weighted by molar-refractivity contribution is 7.07. The normalized spacial score (nSPS) is 16.5. The van der Waals surface area contributed by atoms with Gasteiger partial charge in [-0.2, -0.15) is 0 Å². The van der Waals surface area contributed by atoms with Gasteiger partial charge >= 0.3 is 0 Å². The molecule has 31 heavy (non-hydrogen) atoms. The molecule has 5 rings (SSSR count). The minimum absolute atomic E-state index is 0.0521. The zero-order valence-corrected chi connectivity index (χ0v) is 18.2. The van der Waals surface area contributed by atoms with Crippen molar-refractivity contribution in [1.29, 1.82) is 0 Å². The van der Waals surface area contributed by atoms with Crippen LogP contribution in [0.2, 0.25) is 0 Å². The van der Waals surface area contributed by atoms with Crippen LogP contribution in [-0.4, -0.2) is 39.7 Å². The second-order valence-electron chi connectivity index (χ2n) is 7.96. The van der Waals surface area contributed by atoms with Crippen LogP contribution in [0.25, 0.3) is 22.3 Å². The molecule has 7 heteroatoms. The van der Waals surface area contributed by atoms with Gasteiger partial charge in [-0.05, 0) is 42.5 Å². The van der Waals surface area contributed by atoms with Crippen LogP contribution in [0.3, 0.4) is 0 Å². The standard InChI is InChI=1S/C24H24N4O2S/c1-28-9-8-20-23(28)18(11-16-4-6-17(7-5-16)22-14-31-15-25-22)12-21(27-20)24(29)26-19-3-2-10-30-13-19/h4-9,12,14-15,19H,2-3,10-11,13H2,1H3,(H,26,29)/t19-/m0/s1. The number of nitrogens with one attached hydrogen (secondary N) is 1. The Labute approximate surface area is 184 Å². The van der Waals surface area contributed by atoms with E-state index in [2.05, 4.69) is 44.1 Å². The Bertz CT molecular complexity index is 1190. The number of hydrogen-bond donors (Lipinski definition) is 1. The molecule has 0 aliphatic carbocycles. The van der Waals surface area contributed by atoms with Crippen LogP contribution in [0.4, 0.5) is 0 Å². The Morgan fingerprint density at radius 2 is 2.16 bits per heavy atom. The van der Waals surface area contributed by atoms with Crippen LogP contribution < -0.4 is 5.32 Å². The number of thiazole rings is 1. The molecule has 0 unspecified atom stereocenters. The van der Waals surface area contributed by atoms with Crippen molar-refractivity contribution in [3.05, 3.63) is 70.3 Å². The van der Waals surface area contributed by atoms with Crippen molar-refractivity contribution in [3.63, 3.8) is 0 Å². The van der Waals surface area contributed by atoms with Gasteiger partial charge < -0.3 is 14.6 Å².